The summed E-state index contributed by atoms with van der Waals surface area (Å²) < 4.78 is 34.8. The predicted molar refractivity (Wildman–Crippen MR) is 113 cm³/mol. The molecule has 2 fully saturated rings. The van der Waals surface area contributed by atoms with E-state index in [4.69, 9.17) is 4.74 Å². The molecule has 3 N–H and O–H groups in total. The van der Waals surface area contributed by atoms with Crippen molar-refractivity contribution >= 4 is 29.2 Å². The van der Waals surface area contributed by atoms with Crippen LogP contribution in [0.1, 0.15) is 52.9 Å². The minimum Gasteiger partial charge on any atom is -0.460 e. The molecule has 3 rings (SSSR count). The van der Waals surface area contributed by atoms with Gasteiger partial charge in [-0.2, -0.15) is 0 Å². The lowest BCUT2D eigenvalue weighted by molar-refractivity contribution is -0.161. The topological polar surface area (TPSA) is 108 Å². The highest BCUT2D eigenvalue weighted by Gasteiger charge is 2.37. The van der Waals surface area contributed by atoms with Crippen molar-refractivity contribution in [1.29, 1.82) is 0 Å². The molecule has 1 atom stereocenters. The summed E-state index contributed by atoms with van der Waals surface area (Å²) in [5.41, 5.74) is -2.09. The molecule has 10 heteroatoms. The minimum atomic E-state index is -1.29. The Morgan fingerprint density at radius 1 is 1.25 bits per heavy atom. The molecular formula is C22H29F2N3O5. The van der Waals surface area contributed by atoms with Crippen molar-refractivity contribution in [1.82, 2.24) is 5.32 Å². The zero-order valence-electron chi connectivity index (χ0n) is 18.5. The zero-order chi connectivity index (χ0) is 23.7. The van der Waals surface area contributed by atoms with E-state index < -0.39 is 40.8 Å². The highest BCUT2D eigenvalue weighted by atomic mass is 19.1. The van der Waals surface area contributed by atoms with Gasteiger partial charge in [-0.3, -0.25) is 19.7 Å². The number of nitrogens with one attached hydrogen (secondary N) is 2. The number of esters is 1. The third kappa shape index (κ3) is 5.93. The molecule has 2 amide bonds. The zero-order valence-corrected chi connectivity index (χ0v) is 18.5. The number of hydrogen-bond donors (Lipinski definition) is 3. The van der Waals surface area contributed by atoms with Crippen molar-refractivity contribution < 1.29 is 33.0 Å². The lowest BCUT2D eigenvalue weighted by Crippen LogP contribution is -2.47. The third-order valence-electron chi connectivity index (χ3n) is 5.50. The normalized spacial score (nSPS) is 21.2. The minimum absolute atomic E-state index is 0.0942. The standard InChI is InChI=1S/C22H29F2N3O5/c1-21(2,3)32-18(29)12-22(31)6-8-27(9-7-22)19-14(23)10-13(11-15(19)24)25-16-4-5-17(28)26-20(16)30/h10-11,16,25,31H,4-9,12H2,1-3H3,(H,26,28,30)/t16-/m0/s1. The van der Waals surface area contributed by atoms with Gasteiger partial charge >= 0.3 is 5.97 Å². The molecule has 0 unspecified atom stereocenters. The number of hydrogen-bond acceptors (Lipinski definition) is 7. The van der Waals surface area contributed by atoms with Crippen LogP contribution in [0.15, 0.2) is 12.1 Å². The SMILES string of the molecule is CC(C)(C)OC(=O)CC1(O)CCN(c2c(F)cc(N[C@H]3CCC(=O)NC3=O)cc2F)CC1. The Morgan fingerprint density at radius 3 is 2.38 bits per heavy atom. The molecule has 0 aliphatic carbocycles. The van der Waals surface area contributed by atoms with E-state index in [9.17, 15) is 28.3 Å². The fourth-order valence-corrected chi connectivity index (χ4v) is 3.95. The molecule has 2 heterocycles. The lowest BCUT2D eigenvalue weighted by atomic mass is 9.88. The highest BCUT2D eigenvalue weighted by Crippen LogP contribution is 2.34. The van der Waals surface area contributed by atoms with Gasteiger partial charge in [0.15, 0.2) is 11.6 Å². The van der Waals surface area contributed by atoms with E-state index in [-0.39, 0.29) is 62.5 Å². The molecule has 2 aliphatic heterocycles. The summed E-state index contributed by atoms with van der Waals surface area (Å²) in [6.07, 6.45) is 0.505. The van der Waals surface area contributed by atoms with Gasteiger partial charge in [-0.25, -0.2) is 8.78 Å². The van der Waals surface area contributed by atoms with Crippen LogP contribution in [-0.2, 0) is 19.1 Å². The number of nitrogens with zero attached hydrogens (tertiary/aromatic N) is 1. The molecule has 0 radical (unpaired) electrons. The molecule has 0 saturated carbocycles. The van der Waals surface area contributed by atoms with E-state index in [1.807, 2.05) is 0 Å². The van der Waals surface area contributed by atoms with E-state index >= 15 is 0 Å². The van der Waals surface area contributed by atoms with Crippen molar-refractivity contribution in [3.63, 3.8) is 0 Å². The van der Waals surface area contributed by atoms with Crippen LogP contribution in [0.3, 0.4) is 0 Å². The smallest absolute Gasteiger partial charge is 0.309 e. The number of rotatable bonds is 5. The number of ether oxygens (including phenoxy) is 1. The first kappa shape index (κ1) is 23.9. The van der Waals surface area contributed by atoms with Gasteiger partial charge in [0.25, 0.3) is 0 Å². The summed E-state index contributed by atoms with van der Waals surface area (Å²) in [5, 5.41) is 15.7. The first-order valence-electron chi connectivity index (χ1n) is 10.6. The molecule has 0 spiro atoms. The maximum atomic E-state index is 14.8. The van der Waals surface area contributed by atoms with Crippen LogP contribution in [0.2, 0.25) is 0 Å². The lowest BCUT2D eigenvalue weighted by Gasteiger charge is -2.39. The van der Waals surface area contributed by atoms with E-state index in [1.165, 1.54) is 4.90 Å². The highest BCUT2D eigenvalue weighted by molar-refractivity contribution is 6.01. The number of carbonyl (C=O) groups excluding carboxylic acids is 3. The molecule has 0 bridgehead atoms. The Hall–Kier alpha value is -2.75. The van der Waals surface area contributed by atoms with E-state index in [1.54, 1.807) is 20.8 Å². The van der Waals surface area contributed by atoms with Gasteiger partial charge in [0.05, 0.1) is 12.0 Å². The molecule has 32 heavy (non-hydrogen) atoms. The third-order valence-corrected chi connectivity index (χ3v) is 5.50. The second kappa shape index (κ2) is 9.01. The summed E-state index contributed by atoms with van der Waals surface area (Å²) in [4.78, 5) is 36.7. The van der Waals surface area contributed by atoms with Crippen LogP contribution < -0.4 is 15.5 Å². The van der Waals surface area contributed by atoms with Crippen molar-refractivity contribution in [3.05, 3.63) is 23.8 Å². The van der Waals surface area contributed by atoms with Crippen LogP contribution in [-0.4, -0.2) is 53.2 Å². The average Bonchev–Trinajstić information content (AvgIpc) is 2.63. The second-order valence-corrected chi connectivity index (χ2v) is 9.41. The summed E-state index contributed by atoms with van der Waals surface area (Å²) in [5.74, 6) is -3.05. The fourth-order valence-electron chi connectivity index (χ4n) is 3.95. The van der Waals surface area contributed by atoms with E-state index in [0.717, 1.165) is 12.1 Å². The number of halogens is 2. The number of imide groups is 1. The number of amides is 2. The van der Waals surface area contributed by atoms with Gasteiger partial charge in [-0.05, 0) is 52.2 Å². The molecule has 176 valence electrons. The van der Waals surface area contributed by atoms with Gasteiger partial charge in [0, 0.05) is 25.2 Å². The van der Waals surface area contributed by atoms with Crippen LogP contribution in [0.5, 0.6) is 0 Å². The number of carbonyl (C=O) groups is 3. The summed E-state index contributed by atoms with van der Waals surface area (Å²) in [7, 11) is 0. The van der Waals surface area contributed by atoms with Crippen molar-refractivity contribution in [2.75, 3.05) is 23.3 Å². The number of anilines is 2. The average molecular weight is 453 g/mol. The maximum absolute atomic E-state index is 14.8. The Balaban J connectivity index is 1.63. The summed E-state index contributed by atoms with van der Waals surface area (Å²) >= 11 is 0. The Bertz CT molecular complexity index is 884. The Labute approximate surface area is 185 Å². The van der Waals surface area contributed by atoms with Crippen LogP contribution in [0, 0.1) is 11.6 Å². The molecule has 1 aromatic rings. The maximum Gasteiger partial charge on any atom is 0.309 e. The predicted octanol–water partition coefficient (Wildman–Crippen LogP) is 2.24. The van der Waals surface area contributed by atoms with Crippen molar-refractivity contribution in [3.8, 4) is 0 Å². The van der Waals surface area contributed by atoms with Crippen molar-refractivity contribution in [2.24, 2.45) is 0 Å². The Morgan fingerprint density at radius 2 is 1.84 bits per heavy atom. The van der Waals surface area contributed by atoms with Gasteiger partial charge in [0.1, 0.15) is 17.3 Å². The summed E-state index contributed by atoms with van der Waals surface area (Å²) in [6, 6.07) is 1.45. The second-order valence-electron chi connectivity index (χ2n) is 9.41. The molecule has 2 saturated heterocycles. The first-order valence-corrected chi connectivity index (χ1v) is 10.6. The quantitative estimate of drug-likeness (QED) is 0.464. The molecule has 1 aromatic carbocycles. The van der Waals surface area contributed by atoms with Gasteiger partial charge in [-0.1, -0.05) is 0 Å². The first-order chi connectivity index (χ1) is 14.8. The van der Waals surface area contributed by atoms with Gasteiger partial charge in [-0.15, -0.1) is 0 Å². The molecular weight excluding hydrogens is 424 g/mol. The molecule has 0 aromatic heterocycles. The summed E-state index contributed by atoms with van der Waals surface area (Å²) in [6.45, 7) is 5.53. The number of benzene rings is 1. The molecule has 2 aliphatic rings. The fraction of sp³-hybridized carbons (Fsp3) is 0.591. The van der Waals surface area contributed by atoms with Gasteiger partial charge < -0.3 is 20.1 Å². The monoisotopic (exact) mass is 453 g/mol. The van der Waals surface area contributed by atoms with Crippen LogP contribution >= 0.6 is 0 Å². The molecule has 8 nitrogen and oxygen atoms in total. The van der Waals surface area contributed by atoms with Crippen molar-refractivity contribution in [2.45, 2.75) is 70.1 Å². The Kier molecular flexibility index (Phi) is 6.73. The van der Waals surface area contributed by atoms with E-state index in [2.05, 4.69) is 10.6 Å². The van der Waals surface area contributed by atoms with Crippen LogP contribution in [0.25, 0.3) is 0 Å². The van der Waals surface area contributed by atoms with Crippen LogP contribution in [0.4, 0.5) is 20.2 Å². The van der Waals surface area contributed by atoms with Gasteiger partial charge in [0.2, 0.25) is 11.8 Å². The number of aliphatic hydroxyl groups is 1. The van der Waals surface area contributed by atoms with E-state index in [0.29, 0.717) is 0 Å². The largest absolute Gasteiger partial charge is 0.460 e. The number of piperidine rings is 2.